The van der Waals surface area contributed by atoms with E-state index in [1.165, 1.54) is 12.1 Å². The molecular formula is C26H22F3N5S2. The third-order valence-electron chi connectivity index (χ3n) is 5.62. The molecule has 0 aliphatic carbocycles. The van der Waals surface area contributed by atoms with Crippen LogP contribution in [-0.2, 0) is 19.1 Å². The fourth-order valence-electron chi connectivity index (χ4n) is 3.89. The molecule has 0 aliphatic rings. The molecule has 184 valence electrons. The van der Waals surface area contributed by atoms with Crippen LogP contribution in [0.3, 0.4) is 0 Å². The van der Waals surface area contributed by atoms with Gasteiger partial charge in [0, 0.05) is 31.5 Å². The van der Waals surface area contributed by atoms with E-state index in [2.05, 4.69) is 14.9 Å². The fraction of sp³-hybridized carbons (Fsp3) is 0.192. The second-order valence-electron chi connectivity index (χ2n) is 8.39. The summed E-state index contributed by atoms with van der Waals surface area (Å²) >= 11 is 3.11. The van der Waals surface area contributed by atoms with Crippen molar-refractivity contribution in [1.82, 2.24) is 15.0 Å². The van der Waals surface area contributed by atoms with Crippen LogP contribution in [0.15, 0.2) is 79.3 Å². The number of hydrogen-bond acceptors (Lipinski definition) is 7. The summed E-state index contributed by atoms with van der Waals surface area (Å²) in [5.74, 6) is 0. The van der Waals surface area contributed by atoms with Gasteiger partial charge in [0.05, 0.1) is 26.9 Å². The standard InChI is InChI=1S/C26H22F3N5S2/c27-26(28,29)19-8-6-17(7-9-19)12-20(30)16-34(15-18-4-2-1-3-5-18)25-32-14-23(36-25)24-33-21-10-11-31-13-22(21)35-24/h1-11,13-14,20H,12,15-16,30H2. The van der Waals surface area contributed by atoms with Gasteiger partial charge in [-0.1, -0.05) is 53.8 Å². The molecule has 5 rings (SSSR count). The normalized spacial score (nSPS) is 12.7. The zero-order valence-corrected chi connectivity index (χ0v) is 20.7. The molecule has 5 nitrogen and oxygen atoms in total. The largest absolute Gasteiger partial charge is 0.416 e. The molecule has 5 aromatic rings. The molecule has 0 amide bonds. The summed E-state index contributed by atoms with van der Waals surface area (Å²) in [6.07, 6.45) is 1.45. The molecule has 1 atom stereocenters. The third-order valence-corrected chi connectivity index (χ3v) is 7.85. The Morgan fingerprint density at radius 1 is 0.917 bits per heavy atom. The fourth-order valence-corrected chi connectivity index (χ4v) is 5.79. The Morgan fingerprint density at radius 2 is 1.69 bits per heavy atom. The first-order valence-electron chi connectivity index (χ1n) is 11.2. The Kier molecular flexibility index (Phi) is 6.99. The summed E-state index contributed by atoms with van der Waals surface area (Å²) in [5.41, 5.74) is 8.60. The average molecular weight is 526 g/mol. The smallest absolute Gasteiger partial charge is 0.342 e. The lowest BCUT2D eigenvalue weighted by Gasteiger charge is -2.25. The minimum Gasteiger partial charge on any atom is -0.342 e. The van der Waals surface area contributed by atoms with Gasteiger partial charge in [0.25, 0.3) is 0 Å². The summed E-state index contributed by atoms with van der Waals surface area (Å²) in [6.45, 7) is 1.10. The monoisotopic (exact) mass is 525 g/mol. The second kappa shape index (κ2) is 10.3. The highest BCUT2D eigenvalue weighted by atomic mass is 32.1. The zero-order valence-electron chi connectivity index (χ0n) is 19.0. The van der Waals surface area contributed by atoms with E-state index in [1.807, 2.05) is 42.6 Å². The van der Waals surface area contributed by atoms with Gasteiger partial charge in [-0.2, -0.15) is 13.2 Å². The molecule has 36 heavy (non-hydrogen) atoms. The Hall–Kier alpha value is -3.34. The zero-order chi connectivity index (χ0) is 25.1. The molecule has 2 N–H and O–H groups in total. The van der Waals surface area contributed by atoms with E-state index in [0.29, 0.717) is 19.5 Å². The molecule has 3 heterocycles. The molecule has 0 saturated carbocycles. The van der Waals surface area contributed by atoms with Gasteiger partial charge < -0.3 is 10.6 Å². The number of pyridine rings is 1. The van der Waals surface area contributed by atoms with E-state index in [1.54, 1.807) is 35.1 Å². The van der Waals surface area contributed by atoms with E-state index >= 15 is 0 Å². The number of rotatable bonds is 8. The molecule has 2 aromatic carbocycles. The van der Waals surface area contributed by atoms with Gasteiger partial charge in [-0.05, 0) is 35.7 Å². The number of halogens is 3. The first-order valence-corrected chi connectivity index (χ1v) is 12.9. The van der Waals surface area contributed by atoms with E-state index in [4.69, 9.17) is 10.7 Å². The first kappa shape index (κ1) is 24.4. The highest BCUT2D eigenvalue weighted by Gasteiger charge is 2.30. The Bertz CT molecular complexity index is 1400. The maximum absolute atomic E-state index is 12.9. The van der Waals surface area contributed by atoms with Crippen molar-refractivity contribution < 1.29 is 13.2 Å². The lowest BCUT2D eigenvalue weighted by atomic mass is 10.0. The van der Waals surface area contributed by atoms with Gasteiger partial charge in [-0.3, -0.25) is 4.98 Å². The van der Waals surface area contributed by atoms with Crippen molar-refractivity contribution in [2.75, 3.05) is 11.4 Å². The molecule has 0 radical (unpaired) electrons. The minimum atomic E-state index is -4.35. The van der Waals surface area contributed by atoms with Crippen molar-refractivity contribution in [3.05, 3.63) is 95.9 Å². The van der Waals surface area contributed by atoms with Crippen LogP contribution in [0.4, 0.5) is 18.3 Å². The second-order valence-corrected chi connectivity index (χ2v) is 10.4. The lowest BCUT2D eigenvalue weighted by Crippen LogP contribution is -2.38. The summed E-state index contributed by atoms with van der Waals surface area (Å²) < 4.78 is 39.7. The molecule has 10 heteroatoms. The lowest BCUT2D eigenvalue weighted by molar-refractivity contribution is -0.137. The number of thiazole rings is 2. The van der Waals surface area contributed by atoms with Gasteiger partial charge in [0.2, 0.25) is 0 Å². The number of alkyl halides is 3. The van der Waals surface area contributed by atoms with Crippen LogP contribution in [0.25, 0.3) is 20.1 Å². The summed E-state index contributed by atoms with van der Waals surface area (Å²) in [7, 11) is 0. The van der Waals surface area contributed by atoms with Gasteiger partial charge >= 0.3 is 6.18 Å². The Balaban J connectivity index is 1.35. The van der Waals surface area contributed by atoms with E-state index < -0.39 is 11.7 Å². The van der Waals surface area contributed by atoms with Crippen molar-refractivity contribution >= 4 is 38.0 Å². The van der Waals surface area contributed by atoms with Crippen molar-refractivity contribution in [2.24, 2.45) is 5.73 Å². The Morgan fingerprint density at radius 3 is 2.42 bits per heavy atom. The van der Waals surface area contributed by atoms with Crippen LogP contribution in [0.5, 0.6) is 0 Å². The maximum atomic E-state index is 12.9. The predicted molar refractivity (Wildman–Crippen MR) is 139 cm³/mol. The number of benzene rings is 2. The van der Waals surface area contributed by atoms with Crippen LogP contribution in [0.2, 0.25) is 0 Å². The van der Waals surface area contributed by atoms with Crippen LogP contribution >= 0.6 is 22.7 Å². The van der Waals surface area contributed by atoms with Crippen molar-refractivity contribution in [2.45, 2.75) is 25.2 Å². The summed E-state index contributed by atoms with van der Waals surface area (Å²) in [6, 6.07) is 16.8. The first-order chi connectivity index (χ1) is 17.3. The van der Waals surface area contributed by atoms with Crippen molar-refractivity contribution in [3.63, 3.8) is 0 Å². The van der Waals surface area contributed by atoms with Gasteiger partial charge in [0.15, 0.2) is 5.13 Å². The number of anilines is 1. The summed E-state index contributed by atoms with van der Waals surface area (Å²) in [4.78, 5) is 16.6. The predicted octanol–water partition coefficient (Wildman–Crippen LogP) is 6.41. The number of nitrogens with zero attached hydrogens (tertiary/aromatic N) is 4. The average Bonchev–Trinajstić information content (AvgIpc) is 3.51. The number of nitrogens with two attached hydrogens (primary N) is 1. The highest BCUT2D eigenvalue weighted by molar-refractivity contribution is 7.26. The number of aromatic nitrogens is 3. The molecule has 0 bridgehead atoms. The van der Waals surface area contributed by atoms with Crippen molar-refractivity contribution in [1.29, 1.82) is 0 Å². The van der Waals surface area contributed by atoms with E-state index in [-0.39, 0.29) is 6.04 Å². The molecule has 0 spiro atoms. The van der Waals surface area contributed by atoms with Crippen LogP contribution in [-0.4, -0.2) is 27.5 Å². The molecule has 1 unspecified atom stereocenters. The van der Waals surface area contributed by atoms with Crippen LogP contribution in [0, 0.1) is 0 Å². The molecule has 0 aliphatic heterocycles. The maximum Gasteiger partial charge on any atom is 0.416 e. The minimum absolute atomic E-state index is 0.300. The Labute approximate surface area is 214 Å². The summed E-state index contributed by atoms with van der Waals surface area (Å²) in [5, 5.41) is 1.70. The van der Waals surface area contributed by atoms with Crippen molar-refractivity contribution in [3.8, 4) is 9.88 Å². The van der Waals surface area contributed by atoms with E-state index in [0.717, 1.165) is 48.5 Å². The van der Waals surface area contributed by atoms with Gasteiger partial charge in [-0.15, -0.1) is 11.3 Å². The molecule has 0 saturated heterocycles. The molecular weight excluding hydrogens is 503 g/mol. The quantitative estimate of drug-likeness (QED) is 0.254. The van der Waals surface area contributed by atoms with Crippen LogP contribution in [0.1, 0.15) is 16.7 Å². The third kappa shape index (κ3) is 5.72. The van der Waals surface area contributed by atoms with Gasteiger partial charge in [0.1, 0.15) is 5.01 Å². The topological polar surface area (TPSA) is 67.9 Å². The number of fused-ring (bicyclic) bond motifs is 1. The molecule has 0 fully saturated rings. The van der Waals surface area contributed by atoms with Gasteiger partial charge in [-0.25, -0.2) is 9.97 Å². The van der Waals surface area contributed by atoms with E-state index in [9.17, 15) is 13.2 Å². The molecule has 3 aromatic heterocycles. The SMILES string of the molecule is NC(Cc1ccc(C(F)(F)F)cc1)CN(Cc1ccccc1)c1ncc(-c2nc3ccncc3s2)s1. The highest BCUT2D eigenvalue weighted by Crippen LogP contribution is 2.36. The number of hydrogen-bond donors (Lipinski definition) is 1. The van der Waals surface area contributed by atoms with Crippen LogP contribution < -0.4 is 10.6 Å².